The normalized spacial score (nSPS) is 28.2. The van der Waals surface area contributed by atoms with Crippen molar-refractivity contribution in [2.45, 2.75) is 41.1 Å². The Hall–Kier alpha value is -0.640. The average Bonchev–Trinajstić information content (AvgIpc) is 2.71. The van der Waals surface area contributed by atoms with Gasteiger partial charge in [-0.05, 0) is 18.9 Å². The van der Waals surface area contributed by atoms with Crippen LogP contribution in [0.4, 0.5) is 0 Å². The summed E-state index contributed by atoms with van der Waals surface area (Å²) in [6.45, 7) is 0. The number of alkyl halides is 3. The zero-order chi connectivity index (χ0) is 14.4. The summed E-state index contributed by atoms with van der Waals surface area (Å²) in [4.78, 5) is 12.0. The number of halogens is 3. The lowest BCUT2D eigenvalue weighted by atomic mass is 9.78. The van der Waals surface area contributed by atoms with E-state index in [2.05, 4.69) is 5.32 Å². The second kappa shape index (κ2) is 4.97. The van der Waals surface area contributed by atoms with Crippen molar-refractivity contribution in [3.8, 4) is 5.75 Å². The maximum atomic E-state index is 12.0. The van der Waals surface area contributed by atoms with E-state index < -0.39 is 15.4 Å². The summed E-state index contributed by atoms with van der Waals surface area (Å²) in [5, 5.41) is 2.82. The fraction of sp³-hybridized carbons (Fsp3) is 0.500. The smallest absolute Gasteiger partial charge is 0.275 e. The first-order chi connectivity index (χ1) is 9.42. The number of hydrogen-bond donors (Lipinski definition) is 1. The van der Waals surface area contributed by atoms with Crippen LogP contribution in [-0.4, -0.2) is 15.4 Å². The molecule has 2 unspecified atom stereocenters. The quantitative estimate of drug-likeness (QED) is 0.791. The molecule has 3 nitrogen and oxygen atoms in total. The van der Waals surface area contributed by atoms with Crippen LogP contribution >= 0.6 is 34.8 Å². The van der Waals surface area contributed by atoms with Gasteiger partial charge in [-0.1, -0.05) is 59.4 Å². The molecule has 1 aromatic carbocycles. The summed E-state index contributed by atoms with van der Waals surface area (Å²) in [7, 11) is 0. The molecule has 0 saturated heterocycles. The molecule has 2 atom stereocenters. The van der Waals surface area contributed by atoms with Crippen molar-refractivity contribution in [2.24, 2.45) is 0 Å². The molecule has 0 bridgehead atoms. The van der Waals surface area contributed by atoms with E-state index in [0.29, 0.717) is 0 Å². The number of ether oxygens (including phenoxy) is 1. The Morgan fingerprint density at radius 1 is 1.30 bits per heavy atom. The first-order valence-corrected chi connectivity index (χ1v) is 7.73. The Morgan fingerprint density at radius 3 is 2.80 bits per heavy atom. The maximum absolute atomic E-state index is 12.0. The summed E-state index contributed by atoms with van der Waals surface area (Å²) in [5.41, 5.74) is 0.347. The van der Waals surface area contributed by atoms with Gasteiger partial charge in [0.25, 0.3) is 9.70 Å². The molecule has 1 saturated carbocycles. The number of benzene rings is 1. The van der Waals surface area contributed by atoms with E-state index in [9.17, 15) is 4.79 Å². The van der Waals surface area contributed by atoms with Gasteiger partial charge >= 0.3 is 0 Å². The summed E-state index contributed by atoms with van der Waals surface area (Å²) in [6.07, 6.45) is 3.76. The highest BCUT2D eigenvalue weighted by Crippen LogP contribution is 2.51. The highest BCUT2D eigenvalue weighted by molar-refractivity contribution is 6.76. The van der Waals surface area contributed by atoms with Crippen LogP contribution < -0.4 is 10.1 Å². The van der Waals surface area contributed by atoms with E-state index >= 15 is 0 Å². The lowest BCUT2D eigenvalue weighted by Gasteiger charge is -2.39. The van der Waals surface area contributed by atoms with Gasteiger partial charge in [0.2, 0.25) is 0 Å². The van der Waals surface area contributed by atoms with Crippen LogP contribution in [0.2, 0.25) is 0 Å². The van der Waals surface area contributed by atoms with Crippen LogP contribution in [0.5, 0.6) is 5.75 Å². The van der Waals surface area contributed by atoms with Crippen molar-refractivity contribution in [3.63, 3.8) is 0 Å². The predicted molar refractivity (Wildman–Crippen MR) is 79.4 cm³/mol. The zero-order valence-corrected chi connectivity index (χ0v) is 12.9. The molecule has 1 aromatic rings. The van der Waals surface area contributed by atoms with Gasteiger partial charge in [0, 0.05) is 17.9 Å². The Balaban J connectivity index is 1.93. The van der Waals surface area contributed by atoms with Crippen LogP contribution in [0.3, 0.4) is 0 Å². The van der Waals surface area contributed by atoms with Crippen molar-refractivity contribution < 1.29 is 9.53 Å². The highest BCUT2D eigenvalue weighted by atomic mass is 35.6. The van der Waals surface area contributed by atoms with Gasteiger partial charge in [0.1, 0.15) is 5.75 Å². The SMILES string of the molecule is O=C(NC12CCCCC1c1ccccc1O2)C(Cl)(Cl)Cl. The predicted octanol–water partition coefficient (Wildman–Crippen LogP) is 3.92. The van der Waals surface area contributed by atoms with Crippen molar-refractivity contribution in [3.05, 3.63) is 29.8 Å². The number of carbonyl (C=O) groups excluding carboxylic acids is 1. The van der Waals surface area contributed by atoms with E-state index in [1.165, 1.54) is 0 Å². The first kappa shape index (κ1) is 14.3. The van der Waals surface area contributed by atoms with Gasteiger partial charge in [0.05, 0.1) is 0 Å². The number of para-hydroxylation sites is 1. The third kappa shape index (κ3) is 2.36. The summed E-state index contributed by atoms with van der Waals surface area (Å²) in [6, 6.07) is 7.84. The largest absolute Gasteiger partial charge is 0.467 e. The first-order valence-electron chi connectivity index (χ1n) is 6.60. The third-order valence-electron chi connectivity index (χ3n) is 4.02. The molecule has 1 N–H and O–H groups in total. The number of rotatable bonds is 1. The molecule has 1 heterocycles. The lowest BCUT2D eigenvalue weighted by molar-refractivity contribution is -0.128. The molecule has 0 aromatic heterocycles. The minimum Gasteiger partial charge on any atom is -0.467 e. The van der Waals surface area contributed by atoms with E-state index in [1.54, 1.807) is 0 Å². The molecule has 1 fully saturated rings. The van der Waals surface area contributed by atoms with Gasteiger partial charge < -0.3 is 10.1 Å². The van der Waals surface area contributed by atoms with E-state index in [1.807, 2.05) is 24.3 Å². The lowest BCUT2D eigenvalue weighted by Crippen LogP contribution is -2.58. The van der Waals surface area contributed by atoms with E-state index in [0.717, 1.165) is 37.0 Å². The van der Waals surface area contributed by atoms with E-state index in [-0.39, 0.29) is 5.92 Å². The second-order valence-corrected chi connectivity index (χ2v) is 7.56. The Labute approximate surface area is 132 Å². The Bertz CT molecular complexity index is 543. The minimum absolute atomic E-state index is 0.115. The van der Waals surface area contributed by atoms with Crippen molar-refractivity contribution in [2.75, 3.05) is 0 Å². The summed E-state index contributed by atoms with van der Waals surface area (Å²) < 4.78 is 4.08. The molecule has 3 rings (SSSR count). The van der Waals surface area contributed by atoms with Crippen LogP contribution in [0.15, 0.2) is 24.3 Å². The van der Waals surface area contributed by atoms with E-state index in [4.69, 9.17) is 39.5 Å². The van der Waals surface area contributed by atoms with Crippen molar-refractivity contribution >= 4 is 40.7 Å². The Morgan fingerprint density at radius 2 is 2.05 bits per heavy atom. The number of amides is 1. The van der Waals surface area contributed by atoms with Gasteiger partial charge in [-0.15, -0.1) is 0 Å². The average molecular weight is 335 g/mol. The molecule has 2 aliphatic rings. The molecule has 6 heteroatoms. The monoisotopic (exact) mass is 333 g/mol. The molecule has 108 valence electrons. The topological polar surface area (TPSA) is 38.3 Å². The number of carbonyl (C=O) groups is 1. The second-order valence-electron chi connectivity index (χ2n) is 5.28. The van der Waals surface area contributed by atoms with Crippen LogP contribution in [0.1, 0.15) is 37.2 Å². The van der Waals surface area contributed by atoms with Gasteiger partial charge in [-0.3, -0.25) is 4.79 Å². The van der Waals surface area contributed by atoms with Gasteiger partial charge in [-0.2, -0.15) is 0 Å². The van der Waals surface area contributed by atoms with Crippen molar-refractivity contribution in [1.82, 2.24) is 5.32 Å². The number of hydrogen-bond acceptors (Lipinski definition) is 2. The van der Waals surface area contributed by atoms with Crippen LogP contribution in [0, 0.1) is 0 Å². The minimum atomic E-state index is -1.98. The molecule has 1 amide bonds. The van der Waals surface area contributed by atoms with Gasteiger partial charge in [-0.25, -0.2) is 0 Å². The molecule has 20 heavy (non-hydrogen) atoms. The number of nitrogens with one attached hydrogen (secondary N) is 1. The molecule has 1 aliphatic carbocycles. The van der Waals surface area contributed by atoms with Crippen LogP contribution in [0.25, 0.3) is 0 Å². The molecular formula is C14H14Cl3NO2. The number of fused-ring (bicyclic) bond motifs is 3. The molecule has 0 radical (unpaired) electrons. The maximum Gasteiger partial charge on any atom is 0.275 e. The zero-order valence-electron chi connectivity index (χ0n) is 10.7. The highest BCUT2D eigenvalue weighted by Gasteiger charge is 2.52. The van der Waals surface area contributed by atoms with Crippen molar-refractivity contribution in [1.29, 1.82) is 0 Å². The third-order valence-corrected chi connectivity index (χ3v) is 4.54. The summed E-state index contributed by atoms with van der Waals surface area (Å²) in [5.74, 6) is 0.287. The molecule has 1 aliphatic heterocycles. The molecule has 0 spiro atoms. The van der Waals surface area contributed by atoms with Gasteiger partial charge in [0.15, 0.2) is 5.72 Å². The molecular weight excluding hydrogens is 321 g/mol. The fourth-order valence-electron chi connectivity index (χ4n) is 3.17. The summed E-state index contributed by atoms with van der Waals surface area (Å²) >= 11 is 17.0. The standard InChI is InChI=1S/C14H14Cl3NO2/c15-14(16,17)12(19)18-13-8-4-3-6-10(13)9-5-1-2-7-11(9)20-13/h1-2,5,7,10H,3-4,6,8H2,(H,18,19). The van der Waals surface area contributed by atoms with Crippen LogP contribution in [-0.2, 0) is 4.79 Å². The Kier molecular flexibility index (Phi) is 3.56. The fourth-order valence-corrected chi connectivity index (χ4v) is 3.31.